The van der Waals surface area contributed by atoms with Gasteiger partial charge in [-0.05, 0) is 35.7 Å². The Kier molecular flexibility index (Phi) is 6.01. The third kappa shape index (κ3) is 4.38. The van der Waals surface area contributed by atoms with E-state index < -0.39 is 6.08 Å². The molecule has 0 unspecified atom stereocenters. The minimum atomic E-state index is -0.869. The Morgan fingerprint density at radius 2 is 1.97 bits per heavy atom. The molecule has 4 aromatic rings. The fourth-order valence-corrected chi connectivity index (χ4v) is 4.11. The average Bonchev–Trinajstić information content (AvgIpc) is 3.45. The molecule has 0 bridgehead atoms. The van der Waals surface area contributed by atoms with Gasteiger partial charge >= 0.3 is 6.08 Å². The number of fused-ring (bicyclic) bond motifs is 2. The predicted octanol–water partition coefficient (Wildman–Crippen LogP) is 2.55. The number of ether oxygens (including phenoxy) is 2. The highest BCUT2D eigenvalue weighted by atomic mass is 19.1. The highest BCUT2D eigenvalue weighted by Gasteiger charge is 2.21. The first-order chi connectivity index (χ1) is 16.5. The van der Waals surface area contributed by atoms with E-state index in [1.165, 1.54) is 0 Å². The number of aromatic amines is 1. The van der Waals surface area contributed by atoms with E-state index in [1.807, 2.05) is 22.9 Å². The molecule has 10 nitrogen and oxygen atoms in total. The Morgan fingerprint density at radius 3 is 2.71 bits per heavy atom. The van der Waals surface area contributed by atoms with Gasteiger partial charge in [0.15, 0.2) is 28.5 Å². The molecule has 0 saturated carbocycles. The second-order valence-corrected chi connectivity index (χ2v) is 8.64. The Labute approximate surface area is 195 Å². The molecule has 0 spiro atoms. The molecule has 178 valence electrons. The number of rotatable bonds is 8. The maximum Gasteiger partial charge on any atom is 0.312 e. The zero-order valence-corrected chi connectivity index (χ0v) is 19.1. The van der Waals surface area contributed by atoms with Crippen LogP contribution in [0, 0.1) is 12.0 Å². The number of nitrogens with zero attached hydrogens (tertiary/aromatic N) is 5. The first-order valence-corrected chi connectivity index (χ1v) is 11.3. The molecule has 5 rings (SSSR count). The van der Waals surface area contributed by atoms with Crippen molar-refractivity contribution >= 4 is 17.0 Å². The van der Waals surface area contributed by atoms with Crippen LogP contribution in [0.4, 0.5) is 10.2 Å². The van der Waals surface area contributed by atoms with Crippen LogP contribution in [-0.4, -0.2) is 56.0 Å². The number of imidazole rings is 1. The lowest BCUT2D eigenvalue weighted by Crippen LogP contribution is -2.25. The quantitative estimate of drug-likeness (QED) is 0.267. The molecule has 0 aliphatic carbocycles. The lowest BCUT2D eigenvalue weighted by atomic mass is 9.98. The third-order valence-corrected chi connectivity index (χ3v) is 5.66. The molecule has 1 aliphatic rings. The van der Waals surface area contributed by atoms with Crippen LogP contribution >= 0.6 is 0 Å². The van der Waals surface area contributed by atoms with E-state index in [0.29, 0.717) is 67.1 Å². The van der Waals surface area contributed by atoms with Gasteiger partial charge in [0.2, 0.25) is 0 Å². The summed E-state index contributed by atoms with van der Waals surface area (Å²) in [7, 11) is 0. The largest absolute Gasteiger partial charge is 0.486 e. The van der Waals surface area contributed by atoms with Crippen LogP contribution in [0.5, 0.6) is 11.5 Å². The van der Waals surface area contributed by atoms with Crippen LogP contribution in [0.15, 0.2) is 24.5 Å². The van der Waals surface area contributed by atoms with Crippen LogP contribution < -0.4 is 20.5 Å². The van der Waals surface area contributed by atoms with E-state index in [2.05, 4.69) is 39.3 Å². The van der Waals surface area contributed by atoms with Crippen molar-refractivity contribution in [3.05, 3.63) is 42.0 Å². The lowest BCUT2D eigenvalue weighted by Gasteiger charge is -2.21. The average molecular weight is 467 g/mol. The van der Waals surface area contributed by atoms with Gasteiger partial charge in [0.25, 0.3) is 0 Å². The van der Waals surface area contributed by atoms with Crippen molar-refractivity contribution in [2.75, 3.05) is 32.0 Å². The molecular weight excluding hydrogens is 439 g/mol. The van der Waals surface area contributed by atoms with Gasteiger partial charge in [0.1, 0.15) is 19.0 Å². The van der Waals surface area contributed by atoms with Gasteiger partial charge in [-0.1, -0.05) is 13.8 Å². The molecule has 0 radical (unpaired) electrons. The van der Waals surface area contributed by atoms with E-state index in [1.54, 1.807) is 6.20 Å². The smallest absolute Gasteiger partial charge is 0.312 e. The minimum absolute atomic E-state index is 0.0230. The standard InChI is InChI=1S/C23H27FN8O2/c1-13(2)10-26-3-4-32-19(29-20-21(25)30-23(24)31-22(20)32)8-14-7-17-18(34-6-5-33-17)9-16(14)15-11-27-28-12-15/h7,9,11-13,26H,3-6,8,10H2,1-2H3,(H,27,28)(H2,25,30,31). The molecule has 0 fully saturated rings. The Morgan fingerprint density at radius 1 is 1.18 bits per heavy atom. The van der Waals surface area contributed by atoms with Crippen molar-refractivity contribution in [2.24, 2.45) is 5.92 Å². The van der Waals surface area contributed by atoms with Gasteiger partial charge in [0, 0.05) is 31.3 Å². The number of halogens is 1. The second kappa shape index (κ2) is 9.26. The van der Waals surface area contributed by atoms with Gasteiger partial charge in [0.05, 0.1) is 6.20 Å². The molecule has 3 aromatic heterocycles. The number of anilines is 1. The number of hydrogen-bond acceptors (Lipinski definition) is 8. The fourth-order valence-electron chi connectivity index (χ4n) is 4.11. The number of aromatic nitrogens is 6. The Hall–Kier alpha value is -3.73. The maximum absolute atomic E-state index is 14.0. The zero-order valence-electron chi connectivity index (χ0n) is 19.1. The summed E-state index contributed by atoms with van der Waals surface area (Å²) in [4.78, 5) is 12.4. The molecular formula is C23H27FN8O2. The summed E-state index contributed by atoms with van der Waals surface area (Å²) in [5, 5.41) is 10.4. The van der Waals surface area contributed by atoms with Crippen LogP contribution in [0.1, 0.15) is 25.2 Å². The summed E-state index contributed by atoms with van der Waals surface area (Å²) in [6.07, 6.45) is 3.16. The first kappa shape index (κ1) is 22.1. The van der Waals surface area contributed by atoms with Crippen molar-refractivity contribution in [3.8, 4) is 22.6 Å². The summed E-state index contributed by atoms with van der Waals surface area (Å²) in [6, 6.07) is 3.92. The van der Waals surface area contributed by atoms with Crippen LogP contribution in [0.2, 0.25) is 0 Å². The van der Waals surface area contributed by atoms with Gasteiger partial charge in [-0.15, -0.1) is 0 Å². The van der Waals surface area contributed by atoms with Crippen LogP contribution in [-0.2, 0) is 13.0 Å². The molecule has 1 aromatic carbocycles. The number of benzene rings is 1. The van der Waals surface area contributed by atoms with Crippen molar-refractivity contribution < 1.29 is 13.9 Å². The highest BCUT2D eigenvalue weighted by molar-refractivity contribution is 5.82. The summed E-state index contributed by atoms with van der Waals surface area (Å²) >= 11 is 0. The monoisotopic (exact) mass is 466 g/mol. The van der Waals surface area contributed by atoms with E-state index in [0.717, 1.165) is 23.2 Å². The number of nitrogens with two attached hydrogens (primary N) is 1. The molecule has 0 saturated heterocycles. The van der Waals surface area contributed by atoms with Gasteiger partial charge < -0.3 is 25.1 Å². The third-order valence-electron chi connectivity index (χ3n) is 5.66. The SMILES string of the molecule is CC(C)CNCCn1c(Cc2cc3c(cc2-c2cn[nH]c2)OCCO3)nc2c(N)nc(F)nc21. The Balaban J connectivity index is 1.57. The molecule has 0 atom stereocenters. The summed E-state index contributed by atoms with van der Waals surface area (Å²) in [5.41, 5.74) is 9.59. The van der Waals surface area contributed by atoms with E-state index in [-0.39, 0.29) is 5.82 Å². The van der Waals surface area contributed by atoms with E-state index >= 15 is 0 Å². The molecule has 4 N–H and O–H groups in total. The molecule has 1 aliphatic heterocycles. The number of nitrogens with one attached hydrogen (secondary N) is 2. The van der Waals surface area contributed by atoms with Gasteiger partial charge in [-0.25, -0.2) is 4.98 Å². The number of hydrogen-bond donors (Lipinski definition) is 3. The summed E-state index contributed by atoms with van der Waals surface area (Å²) in [6.45, 7) is 7.39. The minimum Gasteiger partial charge on any atom is -0.486 e. The molecule has 34 heavy (non-hydrogen) atoms. The fraction of sp³-hybridized carbons (Fsp3) is 0.391. The second-order valence-electron chi connectivity index (χ2n) is 8.64. The molecule has 0 amide bonds. The van der Waals surface area contributed by atoms with Crippen molar-refractivity contribution in [1.29, 1.82) is 0 Å². The number of H-pyrrole nitrogens is 1. The van der Waals surface area contributed by atoms with E-state index in [4.69, 9.17) is 20.2 Å². The molecule has 4 heterocycles. The summed E-state index contributed by atoms with van der Waals surface area (Å²) < 4.78 is 27.6. The summed E-state index contributed by atoms with van der Waals surface area (Å²) in [5.74, 6) is 2.61. The normalized spacial score (nSPS) is 13.2. The van der Waals surface area contributed by atoms with E-state index in [9.17, 15) is 4.39 Å². The first-order valence-electron chi connectivity index (χ1n) is 11.3. The molecule has 11 heteroatoms. The Bertz CT molecular complexity index is 1300. The predicted molar refractivity (Wildman–Crippen MR) is 125 cm³/mol. The van der Waals surface area contributed by atoms with Crippen LogP contribution in [0.25, 0.3) is 22.3 Å². The maximum atomic E-state index is 14.0. The van der Waals surface area contributed by atoms with Crippen molar-refractivity contribution in [3.63, 3.8) is 0 Å². The van der Waals surface area contributed by atoms with Gasteiger partial charge in [-0.3, -0.25) is 5.10 Å². The highest BCUT2D eigenvalue weighted by Crippen LogP contribution is 2.38. The van der Waals surface area contributed by atoms with Crippen molar-refractivity contribution in [2.45, 2.75) is 26.8 Å². The van der Waals surface area contributed by atoms with Crippen LogP contribution in [0.3, 0.4) is 0 Å². The topological polar surface area (TPSA) is 129 Å². The number of nitrogen functional groups attached to an aromatic ring is 1. The lowest BCUT2D eigenvalue weighted by molar-refractivity contribution is 0.171. The van der Waals surface area contributed by atoms with Gasteiger partial charge in [-0.2, -0.15) is 19.5 Å². The van der Waals surface area contributed by atoms with Crippen molar-refractivity contribution in [1.82, 2.24) is 35.0 Å². The zero-order chi connectivity index (χ0) is 23.7.